The smallest absolute Gasteiger partial charge is 0.416 e. The zero-order chi connectivity index (χ0) is 24.9. The van der Waals surface area contributed by atoms with E-state index >= 15 is 0 Å². The highest BCUT2D eigenvalue weighted by molar-refractivity contribution is 5.75. The van der Waals surface area contributed by atoms with Crippen molar-refractivity contribution in [1.29, 1.82) is 0 Å². The van der Waals surface area contributed by atoms with E-state index in [1.165, 1.54) is 12.1 Å². The van der Waals surface area contributed by atoms with Gasteiger partial charge in [0.15, 0.2) is 0 Å². The summed E-state index contributed by atoms with van der Waals surface area (Å²) >= 11 is 0. The van der Waals surface area contributed by atoms with Crippen molar-refractivity contribution in [2.45, 2.75) is 77.7 Å². The second-order valence-corrected chi connectivity index (χ2v) is 8.06. The van der Waals surface area contributed by atoms with Gasteiger partial charge < -0.3 is 19.7 Å². The van der Waals surface area contributed by atoms with E-state index in [1.54, 1.807) is 13.0 Å². The molecule has 2 rings (SSSR count). The molecule has 7 heteroatoms. The number of Topliss-reactive ketones (excluding diaryl/α,β-unsaturated/α-hetero) is 1. The molecule has 1 aromatic carbocycles. The monoisotopic (exact) mass is 470 g/mol. The van der Waals surface area contributed by atoms with E-state index in [2.05, 4.69) is 0 Å². The Morgan fingerprint density at radius 3 is 2.64 bits per heavy atom. The molecule has 1 aromatic rings. The van der Waals surface area contributed by atoms with E-state index in [1.807, 2.05) is 32.1 Å². The third-order valence-electron chi connectivity index (χ3n) is 5.48. The van der Waals surface area contributed by atoms with Crippen LogP contribution in [-0.4, -0.2) is 34.8 Å². The standard InChI is InChI=1S/C24H31F3O4.C2H6/c1-17(28)7-4-2-3-5-10-22-18(12-14-23(22)30)11-13-20(29)16-31-21-9-6-8-19(15-21)24(25,26)27;1-2/h3,5-6,8-9,11,13,15,18,20,22-23,29-30H,2,4,7,10,12,14,16H2,1H3;1-2H3/b5-3-,13-11+;/t18?,20-,22-,23+;/m1./s1. The van der Waals surface area contributed by atoms with Crippen LogP contribution >= 0.6 is 0 Å². The highest BCUT2D eigenvalue weighted by atomic mass is 19.4. The first kappa shape index (κ1) is 28.9. The average molecular weight is 471 g/mol. The minimum atomic E-state index is -4.45. The number of ketones is 1. The molecule has 0 aliphatic heterocycles. The van der Waals surface area contributed by atoms with Gasteiger partial charge in [-0.15, -0.1) is 0 Å². The molecule has 0 aromatic heterocycles. The van der Waals surface area contributed by atoms with Crippen LogP contribution in [-0.2, 0) is 11.0 Å². The lowest BCUT2D eigenvalue weighted by molar-refractivity contribution is -0.137. The number of benzene rings is 1. The van der Waals surface area contributed by atoms with Crippen LogP contribution in [0.15, 0.2) is 48.6 Å². The van der Waals surface area contributed by atoms with Crippen molar-refractivity contribution in [1.82, 2.24) is 0 Å². The highest BCUT2D eigenvalue weighted by Crippen LogP contribution is 2.36. The first-order valence-electron chi connectivity index (χ1n) is 11.7. The predicted octanol–water partition coefficient (Wildman–Crippen LogP) is 6.12. The topological polar surface area (TPSA) is 66.8 Å². The molecule has 0 amide bonds. The van der Waals surface area contributed by atoms with Gasteiger partial charge in [0, 0.05) is 6.42 Å². The Morgan fingerprint density at radius 1 is 1.24 bits per heavy atom. The van der Waals surface area contributed by atoms with E-state index in [9.17, 15) is 28.2 Å². The van der Waals surface area contributed by atoms with Crippen LogP contribution < -0.4 is 4.74 Å². The quantitative estimate of drug-likeness (QED) is 0.302. The average Bonchev–Trinajstić information content (AvgIpc) is 3.13. The van der Waals surface area contributed by atoms with Crippen molar-refractivity contribution >= 4 is 5.78 Å². The molecule has 4 nitrogen and oxygen atoms in total. The summed E-state index contributed by atoms with van der Waals surface area (Å²) in [6.07, 6.45) is 6.13. The van der Waals surface area contributed by atoms with Crippen molar-refractivity contribution in [2.24, 2.45) is 11.8 Å². The summed E-state index contributed by atoms with van der Waals surface area (Å²) in [6.45, 7) is 5.42. The SMILES string of the molecule is CC.CC(=O)CCC/C=C\C[C@@H]1C(/C=C/[C@@H](O)COc2cccc(C(F)(F)F)c2)CC[C@@H]1O. The van der Waals surface area contributed by atoms with Crippen LogP contribution in [0.2, 0.25) is 0 Å². The molecule has 0 radical (unpaired) electrons. The maximum atomic E-state index is 12.8. The Morgan fingerprint density at radius 2 is 1.97 bits per heavy atom. The summed E-state index contributed by atoms with van der Waals surface area (Å²) in [6, 6.07) is 4.55. The number of rotatable bonds is 11. The van der Waals surface area contributed by atoms with Crippen LogP contribution in [0.3, 0.4) is 0 Å². The summed E-state index contributed by atoms with van der Waals surface area (Å²) in [4.78, 5) is 10.9. The van der Waals surface area contributed by atoms with E-state index in [-0.39, 0.29) is 30.0 Å². The van der Waals surface area contributed by atoms with Crippen molar-refractivity contribution in [3.05, 3.63) is 54.1 Å². The Hall–Kier alpha value is -2.12. The number of aliphatic hydroxyl groups is 2. The molecule has 0 bridgehead atoms. The Bertz CT molecular complexity index is 758. The summed E-state index contributed by atoms with van der Waals surface area (Å²) in [5, 5.41) is 20.4. The first-order valence-corrected chi connectivity index (χ1v) is 11.7. The van der Waals surface area contributed by atoms with Crippen LogP contribution in [0.25, 0.3) is 0 Å². The van der Waals surface area contributed by atoms with Crippen LogP contribution in [0, 0.1) is 11.8 Å². The third kappa shape index (κ3) is 11.0. The summed E-state index contributed by atoms with van der Waals surface area (Å²) in [5.41, 5.74) is -0.799. The zero-order valence-electron chi connectivity index (χ0n) is 19.7. The number of hydrogen-bond acceptors (Lipinski definition) is 4. The Balaban J connectivity index is 0.00000265. The summed E-state index contributed by atoms with van der Waals surface area (Å²) < 4.78 is 43.6. The second kappa shape index (κ2) is 14.9. The van der Waals surface area contributed by atoms with Gasteiger partial charge in [-0.3, -0.25) is 0 Å². The number of hydrogen-bond donors (Lipinski definition) is 2. The zero-order valence-corrected chi connectivity index (χ0v) is 19.7. The van der Waals surface area contributed by atoms with Crippen LogP contribution in [0.5, 0.6) is 5.75 Å². The number of unbranched alkanes of at least 4 members (excludes halogenated alkanes) is 1. The van der Waals surface area contributed by atoms with E-state index in [4.69, 9.17) is 4.74 Å². The molecule has 0 spiro atoms. The van der Waals surface area contributed by atoms with E-state index < -0.39 is 23.9 Å². The van der Waals surface area contributed by atoms with Gasteiger partial charge in [0.1, 0.15) is 24.2 Å². The summed E-state index contributed by atoms with van der Waals surface area (Å²) in [5.74, 6) is 0.392. The van der Waals surface area contributed by atoms with Crippen molar-refractivity contribution in [3.8, 4) is 5.75 Å². The minimum absolute atomic E-state index is 0.0475. The molecule has 1 unspecified atom stereocenters. The molecule has 1 aliphatic rings. The number of allylic oxidation sites excluding steroid dienone is 3. The molecule has 33 heavy (non-hydrogen) atoms. The largest absolute Gasteiger partial charge is 0.491 e. The lowest BCUT2D eigenvalue weighted by Gasteiger charge is -2.18. The van der Waals surface area contributed by atoms with Gasteiger partial charge in [0.25, 0.3) is 0 Å². The fourth-order valence-electron chi connectivity index (χ4n) is 3.76. The van der Waals surface area contributed by atoms with Crippen molar-refractivity contribution in [3.63, 3.8) is 0 Å². The van der Waals surface area contributed by atoms with Gasteiger partial charge in [-0.1, -0.05) is 44.2 Å². The lowest BCUT2D eigenvalue weighted by atomic mass is 9.90. The van der Waals surface area contributed by atoms with Gasteiger partial charge in [0.05, 0.1) is 11.7 Å². The first-order chi connectivity index (χ1) is 15.7. The maximum Gasteiger partial charge on any atom is 0.416 e. The second-order valence-electron chi connectivity index (χ2n) is 8.06. The number of carbonyl (C=O) groups excluding carboxylic acids is 1. The molecular formula is C26H37F3O4. The molecular weight excluding hydrogens is 433 g/mol. The minimum Gasteiger partial charge on any atom is -0.491 e. The van der Waals surface area contributed by atoms with Gasteiger partial charge >= 0.3 is 6.18 Å². The third-order valence-corrected chi connectivity index (χ3v) is 5.48. The number of carbonyl (C=O) groups is 1. The molecule has 0 saturated heterocycles. The number of halogens is 3. The molecule has 2 N–H and O–H groups in total. The highest BCUT2D eigenvalue weighted by Gasteiger charge is 2.32. The van der Waals surface area contributed by atoms with Gasteiger partial charge in [0.2, 0.25) is 0 Å². The number of aliphatic hydroxyl groups excluding tert-OH is 2. The van der Waals surface area contributed by atoms with Crippen LogP contribution in [0.4, 0.5) is 13.2 Å². The lowest BCUT2D eigenvalue weighted by Crippen LogP contribution is -2.19. The van der Waals surface area contributed by atoms with Crippen molar-refractivity contribution < 1.29 is 32.9 Å². The Labute approximate surface area is 195 Å². The molecule has 186 valence electrons. The Kier molecular flexibility index (Phi) is 13.1. The molecule has 1 saturated carbocycles. The fraction of sp³-hybridized carbons (Fsp3) is 0.577. The van der Waals surface area contributed by atoms with Gasteiger partial charge in [-0.05, 0) is 69.1 Å². The van der Waals surface area contributed by atoms with E-state index in [0.717, 1.165) is 31.4 Å². The van der Waals surface area contributed by atoms with E-state index in [0.29, 0.717) is 19.3 Å². The molecule has 4 atom stereocenters. The normalized spacial score (nSPS) is 21.8. The van der Waals surface area contributed by atoms with Crippen molar-refractivity contribution in [2.75, 3.05) is 6.61 Å². The molecule has 1 aliphatic carbocycles. The molecule has 1 fully saturated rings. The summed E-state index contributed by atoms with van der Waals surface area (Å²) in [7, 11) is 0. The number of alkyl halides is 3. The number of ether oxygens (including phenoxy) is 1. The van der Waals surface area contributed by atoms with Gasteiger partial charge in [-0.2, -0.15) is 13.2 Å². The molecule has 0 heterocycles. The van der Waals surface area contributed by atoms with Gasteiger partial charge in [-0.25, -0.2) is 0 Å². The maximum absolute atomic E-state index is 12.8. The predicted molar refractivity (Wildman–Crippen MR) is 124 cm³/mol. The van der Waals surface area contributed by atoms with Crippen LogP contribution in [0.1, 0.15) is 64.9 Å². The fourth-order valence-corrected chi connectivity index (χ4v) is 3.76.